The number of carbonyl (C=O) groups is 2. The third kappa shape index (κ3) is 5.13. The van der Waals surface area contributed by atoms with Crippen molar-refractivity contribution >= 4 is 29.2 Å². The lowest BCUT2D eigenvalue weighted by Gasteiger charge is -2.46. The van der Waals surface area contributed by atoms with E-state index >= 15 is 0 Å². The summed E-state index contributed by atoms with van der Waals surface area (Å²) >= 11 is 5.61. The van der Waals surface area contributed by atoms with Crippen molar-refractivity contribution in [3.8, 4) is 11.5 Å². The van der Waals surface area contributed by atoms with Crippen molar-refractivity contribution in [2.24, 2.45) is 5.41 Å². The van der Waals surface area contributed by atoms with Gasteiger partial charge in [0.25, 0.3) is 5.91 Å². The van der Waals surface area contributed by atoms with Gasteiger partial charge in [-0.2, -0.15) is 0 Å². The Morgan fingerprint density at radius 1 is 1.12 bits per heavy atom. The van der Waals surface area contributed by atoms with Gasteiger partial charge in [0.05, 0.1) is 16.6 Å². The van der Waals surface area contributed by atoms with Gasteiger partial charge in [-0.05, 0) is 49.9 Å². The first-order chi connectivity index (χ1) is 15.5. The quantitative estimate of drug-likeness (QED) is 0.571. The van der Waals surface area contributed by atoms with E-state index in [-0.39, 0.29) is 29.1 Å². The second-order valence-corrected chi connectivity index (χ2v) is 8.62. The predicted molar refractivity (Wildman–Crippen MR) is 108 cm³/mol. The van der Waals surface area contributed by atoms with Crippen molar-refractivity contribution in [3.63, 3.8) is 0 Å². The summed E-state index contributed by atoms with van der Waals surface area (Å²) in [6.45, 7) is -0.321. The summed E-state index contributed by atoms with van der Waals surface area (Å²) in [4.78, 5) is 28.8. The molecule has 176 valence electrons. The van der Waals surface area contributed by atoms with Crippen LogP contribution in [-0.4, -0.2) is 35.3 Å². The van der Waals surface area contributed by atoms with Crippen LogP contribution in [0, 0.1) is 11.2 Å². The highest BCUT2D eigenvalue weighted by atomic mass is 35.5. The normalized spacial score (nSPS) is 23.4. The fourth-order valence-electron chi connectivity index (χ4n) is 4.45. The smallest absolute Gasteiger partial charge is 0.484 e. The monoisotopic (exact) mass is 487 g/mol. The van der Waals surface area contributed by atoms with E-state index in [9.17, 15) is 27.2 Å². The molecule has 2 bridgehead atoms. The summed E-state index contributed by atoms with van der Waals surface area (Å²) in [5.41, 5.74) is -1.21. The number of fused-ring (bicyclic) bond motifs is 1. The van der Waals surface area contributed by atoms with Crippen molar-refractivity contribution in [2.75, 3.05) is 11.9 Å². The lowest BCUT2D eigenvalue weighted by molar-refractivity contribution is -0.274. The van der Waals surface area contributed by atoms with Gasteiger partial charge >= 0.3 is 6.36 Å². The molecule has 3 saturated carbocycles. The van der Waals surface area contributed by atoms with Crippen LogP contribution >= 0.6 is 11.6 Å². The number of carbonyl (C=O) groups excluding carboxylic acids is 2. The van der Waals surface area contributed by atoms with E-state index in [1.54, 1.807) is 0 Å². The maximum absolute atomic E-state index is 13.5. The van der Waals surface area contributed by atoms with Crippen molar-refractivity contribution in [1.82, 2.24) is 10.3 Å². The largest absolute Gasteiger partial charge is 0.573 e. The highest BCUT2D eigenvalue weighted by Gasteiger charge is 2.65. The summed E-state index contributed by atoms with van der Waals surface area (Å²) in [5, 5.41) is 5.44. The summed E-state index contributed by atoms with van der Waals surface area (Å²) in [6.07, 6.45) is -1.99. The Morgan fingerprint density at radius 2 is 1.85 bits per heavy atom. The highest BCUT2D eigenvalue weighted by Crippen LogP contribution is 2.61. The van der Waals surface area contributed by atoms with Crippen LogP contribution < -0.4 is 20.1 Å². The second-order valence-electron chi connectivity index (χ2n) is 8.21. The number of nitrogens with zero attached hydrogens (tertiary/aromatic N) is 1. The van der Waals surface area contributed by atoms with E-state index in [1.807, 2.05) is 0 Å². The zero-order chi connectivity index (χ0) is 23.9. The van der Waals surface area contributed by atoms with E-state index in [0.29, 0.717) is 25.7 Å². The molecule has 1 heterocycles. The number of halogens is 5. The Balaban J connectivity index is 1.27. The molecule has 0 atom stereocenters. The number of rotatable bonds is 7. The van der Waals surface area contributed by atoms with Gasteiger partial charge in [0.2, 0.25) is 5.91 Å². The van der Waals surface area contributed by atoms with Gasteiger partial charge in [-0.1, -0.05) is 11.6 Å². The molecule has 0 spiro atoms. The maximum atomic E-state index is 13.5. The topological polar surface area (TPSA) is 89.5 Å². The average molecular weight is 488 g/mol. The van der Waals surface area contributed by atoms with Crippen molar-refractivity contribution in [2.45, 2.75) is 37.6 Å². The molecule has 0 aliphatic heterocycles. The molecule has 33 heavy (non-hydrogen) atoms. The summed E-state index contributed by atoms with van der Waals surface area (Å²) < 4.78 is 59.2. The molecule has 3 aliphatic carbocycles. The summed E-state index contributed by atoms with van der Waals surface area (Å²) in [5.74, 6) is -1.60. The van der Waals surface area contributed by atoms with Crippen LogP contribution in [0.15, 0.2) is 36.5 Å². The molecule has 5 rings (SSSR count). The Hall–Kier alpha value is -3.08. The zero-order valence-electron chi connectivity index (χ0n) is 17.0. The number of ether oxygens (including phenoxy) is 2. The molecule has 12 heteroatoms. The Kier molecular flexibility index (Phi) is 5.85. The molecule has 0 saturated heterocycles. The maximum Gasteiger partial charge on any atom is 0.573 e. The van der Waals surface area contributed by atoms with Crippen LogP contribution in [0.25, 0.3) is 0 Å². The number of pyridine rings is 1. The Bertz CT molecular complexity index is 1070. The molecular weight excluding hydrogens is 470 g/mol. The number of benzene rings is 1. The molecule has 3 fully saturated rings. The van der Waals surface area contributed by atoms with Crippen LogP contribution in [0.5, 0.6) is 11.5 Å². The molecule has 0 unspecified atom stereocenters. The second kappa shape index (κ2) is 8.36. The van der Waals surface area contributed by atoms with Crippen LogP contribution in [0.1, 0.15) is 25.7 Å². The fourth-order valence-corrected chi connectivity index (χ4v) is 4.56. The lowest BCUT2D eigenvalue weighted by atomic mass is 9.64. The first-order valence-corrected chi connectivity index (χ1v) is 10.3. The average Bonchev–Trinajstić information content (AvgIpc) is 3.26. The molecule has 2 aromatic rings. The predicted octanol–water partition coefficient (Wildman–Crippen LogP) is 4.22. The van der Waals surface area contributed by atoms with Gasteiger partial charge < -0.3 is 20.1 Å². The molecule has 7 nitrogen and oxygen atoms in total. The molecule has 1 aromatic carbocycles. The van der Waals surface area contributed by atoms with E-state index in [1.165, 1.54) is 18.2 Å². The molecule has 2 amide bonds. The molecule has 0 radical (unpaired) electrons. The third-order valence-electron chi connectivity index (χ3n) is 5.79. The van der Waals surface area contributed by atoms with Gasteiger partial charge in [-0.15, -0.1) is 13.2 Å². The zero-order valence-corrected chi connectivity index (χ0v) is 17.7. The molecule has 1 aromatic heterocycles. The SMILES string of the molecule is O=C(COc1ccc(Cl)c(F)c1)NC12CCC(C(=O)Nc3ccc(OC(F)(F)F)cn3)(C1)C2. The minimum Gasteiger partial charge on any atom is -0.484 e. The van der Waals surface area contributed by atoms with E-state index < -0.39 is 34.8 Å². The number of hydrogen-bond donors (Lipinski definition) is 2. The lowest BCUT2D eigenvalue weighted by Crippen LogP contribution is -2.59. The number of nitrogens with one attached hydrogen (secondary N) is 2. The Labute approximate surface area is 190 Å². The molecule has 3 aliphatic rings. The van der Waals surface area contributed by atoms with Crippen molar-refractivity contribution < 1.29 is 36.6 Å². The fraction of sp³-hybridized carbons (Fsp3) is 0.381. The first-order valence-electron chi connectivity index (χ1n) is 9.90. The van der Waals surface area contributed by atoms with Crippen LogP contribution in [0.4, 0.5) is 23.4 Å². The van der Waals surface area contributed by atoms with Gasteiger partial charge in [0.1, 0.15) is 23.1 Å². The van der Waals surface area contributed by atoms with Crippen molar-refractivity contribution in [3.05, 3.63) is 47.4 Å². The van der Waals surface area contributed by atoms with Crippen molar-refractivity contribution in [1.29, 1.82) is 0 Å². The van der Waals surface area contributed by atoms with Gasteiger partial charge in [0.15, 0.2) is 6.61 Å². The number of aromatic nitrogens is 1. The van der Waals surface area contributed by atoms with Gasteiger partial charge in [0, 0.05) is 11.6 Å². The van der Waals surface area contributed by atoms with E-state index in [2.05, 4.69) is 20.4 Å². The van der Waals surface area contributed by atoms with E-state index in [0.717, 1.165) is 18.3 Å². The standard InChI is InChI=1S/C21H18ClF4N3O4/c22-14-3-1-12(7-15(14)23)32-9-17(30)29-20-6-5-19(10-20,11-20)18(31)28-16-4-2-13(8-27-16)33-21(24,25)26/h1-4,7-8H,5-6,9-11H2,(H,29,30)(H,27,28,31). The number of amides is 2. The van der Waals surface area contributed by atoms with Crippen LogP contribution in [0.3, 0.4) is 0 Å². The number of anilines is 1. The van der Waals surface area contributed by atoms with E-state index in [4.69, 9.17) is 16.3 Å². The first kappa shape index (κ1) is 23.1. The van der Waals surface area contributed by atoms with Gasteiger partial charge in [-0.3, -0.25) is 9.59 Å². The minimum atomic E-state index is -4.83. The number of alkyl halides is 3. The third-order valence-corrected chi connectivity index (χ3v) is 6.10. The number of hydrogen-bond acceptors (Lipinski definition) is 5. The molecular formula is C21H18ClF4N3O4. The molecule has 2 N–H and O–H groups in total. The van der Waals surface area contributed by atoms with Crippen LogP contribution in [0.2, 0.25) is 5.02 Å². The highest BCUT2D eigenvalue weighted by molar-refractivity contribution is 6.30. The van der Waals surface area contributed by atoms with Crippen LogP contribution in [-0.2, 0) is 9.59 Å². The summed E-state index contributed by atoms with van der Waals surface area (Å²) in [7, 11) is 0. The Morgan fingerprint density at radius 3 is 2.48 bits per heavy atom. The van der Waals surface area contributed by atoms with Gasteiger partial charge in [-0.25, -0.2) is 9.37 Å². The summed E-state index contributed by atoms with van der Waals surface area (Å²) in [6, 6.07) is 6.12. The minimum absolute atomic E-state index is 0.0542.